The van der Waals surface area contributed by atoms with E-state index in [1.807, 2.05) is 36.4 Å². The molecular weight excluding hydrogens is 328 g/mol. The normalized spacial score (nSPS) is 21.5. The first-order chi connectivity index (χ1) is 11.6. The lowest BCUT2D eigenvalue weighted by atomic mass is 10.0. The number of amides is 1. The average molecular weight is 343 g/mol. The van der Waals surface area contributed by atoms with E-state index in [4.69, 9.17) is 17.3 Å². The minimum absolute atomic E-state index is 0.233. The van der Waals surface area contributed by atoms with Crippen LogP contribution in [0.1, 0.15) is 5.56 Å². The van der Waals surface area contributed by atoms with Gasteiger partial charge < -0.3 is 5.32 Å². The second-order valence-electron chi connectivity index (χ2n) is 5.55. The van der Waals surface area contributed by atoms with Crippen LogP contribution in [0.3, 0.4) is 0 Å². The maximum atomic E-state index is 12.6. The quantitative estimate of drug-likeness (QED) is 0.360. The number of benzene rings is 2. The van der Waals surface area contributed by atoms with Crippen molar-refractivity contribution in [3.05, 3.63) is 59.1 Å². The van der Waals surface area contributed by atoms with Crippen molar-refractivity contribution in [1.29, 1.82) is 0 Å². The molecule has 0 aromatic heterocycles. The van der Waals surface area contributed by atoms with Crippen LogP contribution >= 0.6 is 11.6 Å². The largest absolute Gasteiger partial charge is 0.361 e. The zero-order valence-corrected chi connectivity index (χ0v) is 13.2. The number of fused-ring (bicyclic) bond motifs is 2. The fourth-order valence-corrected chi connectivity index (χ4v) is 2.99. The van der Waals surface area contributed by atoms with Crippen LogP contribution in [-0.4, -0.2) is 17.8 Å². The number of carbonyl (C=O) groups is 1. The van der Waals surface area contributed by atoms with E-state index < -0.39 is 5.66 Å². The fraction of sp³-hybridized carbons (Fsp3) is 0.0625. The Kier molecular flexibility index (Phi) is 3.17. The lowest BCUT2D eigenvalue weighted by Crippen LogP contribution is -3.14. The summed E-state index contributed by atoms with van der Waals surface area (Å²) >= 11 is 5.90. The molecule has 4 rings (SSSR count). The highest BCUT2D eigenvalue weighted by Crippen LogP contribution is 2.28. The highest BCUT2D eigenvalue weighted by molar-refractivity contribution is 6.30. The fourth-order valence-electron chi connectivity index (χ4n) is 2.86. The molecule has 0 saturated carbocycles. The zero-order valence-electron chi connectivity index (χ0n) is 12.5. The Hall–Kier alpha value is -3.06. The Morgan fingerprint density at radius 3 is 2.58 bits per heavy atom. The summed E-state index contributed by atoms with van der Waals surface area (Å²) < 4.78 is 0. The van der Waals surface area contributed by atoms with E-state index in [9.17, 15) is 4.79 Å². The van der Waals surface area contributed by atoms with Gasteiger partial charge in [0.15, 0.2) is 0 Å². The number of hydrogen-bond acceptors (Lipinski definition) is 4. The summed E-state index contributed by atoms with van der Waals surface area (Å²) in [6.07, 6.45) is 0. The first-order valence-electron chi connectivity index (χ1n) is 7.33. The Morgan fingerprint density at radius 1 is 1.04 bits per heavy atom. The molecule has 0 bridgehead atoms. The minimum atomic E-state index is -1.17. The van der Waals surface area contributed by atoms with Crippen molar-refractivity contribution < 1.29 is 14.8 Å². The van der Waals surface area contributed by atoms with Crippen LogP contribution in [0.15, 0.2) is 48.5 Å². The number of nitrogens with two attached hydrogens (primary N) is 1. The van der Waals surface area contributed by atoms with Gasteiger partial charge in [0, 0.05) is 5.02 Å². The van der Waals surface area contributed by atoms with Crippen LogP contribution in [-0.2, 0) is 10.5 Å². The molecule has 2 aliphatic rings. The van der Waals surface area contributed by atoms with Crippen molar-refractivity contribution in [1.82, 2.24) is 5.32 Å². The Bertz CT molecular complexity index is 892. The molecule has 0 saturated heterocycles. The summed E-state index contributed by atoms with van der Waals surface area (Å²) in [4.78, 5) is 18.8. The Balaban J connectivity index is 1.76. The molecule has 0 fully saturated rings. The van der Waals surface area contributed by atoms with Crippen molar-refractivity contribution in [2.45, 2.75) is 5.66 Å². The summed E-state index contributed by atoms with van der Waals surface area (Å²) in [5.74, 6) is 0.515. The molecule has 24 heavy (non-hydrogen) atoms. The van der Waals surface area contributed by atoms with Crippen LogP contribution < -0.4 is 31.7 Å². The monoisotopic (exact) mass is 342 g/mol. The minimum Gasteiger partial charge on any atom is -0.319 e. The van der Waals surface area contributed by atoms with Gasteiger partial charge in [0.05, 0.1) is 16.9 Å². The predicted molar refractivity (Wildman–Crippen MR) is 91.1 cm³/mol. The molecule has 0 radical (unpaired) electrons. The summed E-state index contributed by atoms with van der Waals surface area (Å²) in [6.45, 7) is 0. The first-order valence-corrected chi connectivity index (χ1v) is 7.71. The van der Waals surface area contributed by atoms with Gasteiger partial charge >= 0.3 is 23.5 Å². The van der Waals surface area contributed by atoms with Crippen LogP contribution in [0.2, 0.25) is 5.02 Å². The maximum absolute atomic E-state index is 12.6. The van der Waals surface area contributed by atoms with Gasteiger partial charge in [0.1, 0.15) is 0 Å². The van der Waals surface area contributed by atoms with E-state index in [0.717, 1.165) is 16.9 Å². The standard InChI is InChI=1S/C16H13ClN6O/c17-9-5-7-10(8-6-9)19-15-21-14(18)22-16(23-15)11-3-1-2-4-12(11)20-13(16)24/h1-8H,(H,20,24)(H4,18,19,21,22,23)/p+2/t16-/m0/s1. The number of hydrogen-bond donors (Lipinski definition) is 6. The lowest BCUT2D eigenvalue weighted by Gasteiger charge is -2.21. The van der Waals surface area contributed by atoms with Gasteiger partial charge in [-0.05, 0) is 36.4 Å². The smallest absolute Gasteiger partial charge is 0.319 e. The van der Waals surface area contributed by atoms with Crippen molar-refractivity contribution in [3.63, 3.8) is 0 Å². The molecule has 2 heterocycles. The third kappa shape index (κ3) is 2.26. The third-order valence-electron chi connectivity index (χ3n) is 3.93. The molecule has 8 heteroatoms. The molecule has 2 aliphatic heterocycles. The summed E-state index contributed by atoms with van der Waals surface area (Å²) in [5.41, 5.74) is 7.11. The second-order valence-corrected chi connectivity index (χ2v) is 5.98. The number of halogens is 1. The van der Waals surface area contributed by atoms with Gasteiger partial charge in [-0.25, -0.2) is 15.3 Å². The van der Waals surface area contributed by atoms with E-state index >= 15 is 0 Å². The molecule has 7 nitrogen and oxygen atoms in total. The van der Waals surface area contributed by atoms with Gasteiger partial charge in [0.2, 0.25) is 0 Å². The summed E-state index contributed by atoms with van der Waals surface area (Å²) in [6, 6.07) is 14.6. The van der Waals surface area contributed by atoms with Crippen LogP contribution in [0.4, 0.5) is 11.4 Å². The van der Waals surface area contributed by atoms with Crippen LogP contribution in [0.25, 0.3) is 0 Å². The second kappa shape index (κ2) is 5.24. The van der Waals surface area contributed by atoms with Gasteiger partial charge in [-0.1, -0.05) is 23.7 Å². The predicted octanol–water partition coefficient (Wildman–Crippen LogP) is -2.01. The molecule has 7 N–H and O–H groups in total. The Morgan fingerprint density at radius 2 is 1.79 bits per heavy atom. The molecule has 0 unspecified atom stereocenters. The topological polar surface area (TPSA) is 107 Å². The van der Waals surface area contributed by atoms with Crippen molar-refractivity contribution in [2.24, 2.45) is 5.73 Å². The highest BCUT2D eigenvalue weighted by atomic mass is 35.5. The van der Waals surface area contributed by atoms with Crippen molar-refractivity contribution >= 4 is 40.8 Å². The van der Waals surface area contributed by atoms with Crippen LogP contribution in [0.5, 0.6) is 0 Å². The molecule has 1 amide bonds. The Labute approximate surface area is 142 Å². The first kappa shape index (κ1) is 14.5. The third-order valence-corrected chi connectivity index (χ3v) is 4.18. The van der Waals surface area contributed by atoms with Crippen LogP contribution in [0, 0.1) is 0 Å². The maximum Gasteiger partial charge on any atom is 0.361 e. The van der Waals surface area contributed by atoms with Gasteiger partial charge in [-0.2, -0.15) is 5.32 Å². The van der Waals surface area contributed by atoms with E-state index in [0.29, 0.717) is 11.0 Å². The van der Waals surface area contributed by atoms with Gasteiger partial charge in [-0.15, -0.1) is 0 Å². The number of nitrogens with one attached hydrogen (secondary N) is 5. The number of rotatable bonds is 1. The molecule has 1 spiro atoms. The summed E-state index contributed by atoms with van der Waals surface area (Å²) in [5, 5.41) is 9.60. The van der Waals surface area contributed by atoms with Crippen molar-refractivity contribution in [3.8, 4) is 0 Å². The highest BCUT2D eigenvalue weighted by Gasteiger charge is 2.52. The lowest BCUT2D eigenvalue weighted by molar-refractivity contribution is -0.789. The number of para-hydroxylation sites is 1. The molecule has 1 atom stereocenters. The van der Waals surface area contributed by atoms with E-state index in [1.54, 1.807) is 12.1 Å². The van der Waals surface area contributed by atoms with Crippen molar-refractivity contribution in [2.75, 3.05) is 10.6 Å². The molecule has 120 valence electrons. The average Bonchev–Trinajstić information content (AvgIpc) is 2.81. The van der Waals surface area contributed by atoms with E-state index in [-0.39, 0.29) is 11.9 Å². The number of anilines is 2. The molecular formula is C16H15ClN6O+2. The number of guanidine groups is 2. The molecule has 2 aromatic rings. The van der Waals surface area contributed by atoms with Gasteiger partial charge in [-0.3, -0.25) is 10.5 Å². The zero-order chi connectivity index (χ0) is 16.7. The SMILES string of the molecule is NC1=[NH+][C@@]2([NH+]=C(Nc3ccc(Cl)cc3)N1)C(=O)Nc1ccccc12. The summed E-state index contributed by atoms with van der Waals surface area (Å²) in [7, 11) is 0. The van der Waals surface area contributed by atoms with Gasteiger partial charge in [0.25, 0.3) is 0 Å². The number of carbonyl (C=O) groups excluding carboxylic acids is 1. The molecule has 0 aliphatic carbocycles. The molecule has 2 aromatic carbocycles. The van der Waals surface area contributed by atoms with E-state index in [2.05, 4.69) is 25.9 Å². The van der Waals surface area contributed by atoms with E-state index in [1.165, 1.54) is 0 Å².